The van der Waals surface area contributed by atoms with Crippen LogP contribution in [0.4, 0.5) is 4.39 Å². The van der Waals surface area contributed by atoms with Gasteiger partial charge in [-0.15, -0.1) is 0 Å². The second-order valence-electron chi connectivity index (χ2n) is 3.88. The number of alkyl halides is 1. The minimum atomic E-state index is -4.57. The van der Waals surface area contributed by atoms with E-state index in [-0.39, 0.29) is 12.8 Å². The molecule has 0 bridgehead atoms. The van der Waals surface area contributed by atoms with Crippen LogP contribution < -0.4 is 0 Å². The van der Waals surface area contributed by atoms with Gasteiger partial charge >= 0.3 is 0 Å². The Balaban J connectivity index is 4.01. The van der Waals surface area contributed by atoms with Crippen molar-refractivity contribution in [2.45, 2.75) is 63.8 Å². The molecule has 1 N–H and O–H groups in total. The Morgan fingerprint density at radius 3 is 2.07 bits per heavy atom. The molecule has 0 aliphatic heterocycles. The van der Waals surface area contributed by atoms with E-state index in [4.69, 9.17) is 4.55 Å². The summed E-state index contributed by atoms with van der Waals surface area (Å²) in [4.78, 5) is 0. The van der Waals surface area contributed by atoms with E-state index in [1.54, 1.807) is 0 Å². The lowest BCUT2D eigenvalue weighted by Gasteiger charge is -2.19. The number of hydrogen-bond acceptors (Lipinski definition) is 2. The van der Waals surface area contributed by atoms with E-state index in [1.165, 1.54) is 6.92 Å². The van der Waals surface area contributed by atoms with Crippen molar-refractivity contribution in [2.75, 3.05) is 0 Å². The predicted octanol–water partition coefficient (Wildman–Crippen LogP) is 3.31. The maximum absolute atomic E-state index is 13.7. The molecule has 0 fully saturated rings. The number of unbranched alkanes of at least 4 members (excludes halogenated alkanes) is 4. The second-order valence-corrected chi connectivity index (χ2v) is 5.56. The van der Waals surface area contributed by atoms with Gasteiger partial charge in [0, 0.05) is 0 Å². The molecule has 0 saturated heterocycles. The van der Waals surface area contributed by atoms with Crippen LogP contribution in [0.25, 0.3) is 0 Å². The van der Waals surface area contributed by atoms with Gasteiger partial charge in [-0.25, -0.2) is 4.39 Å². The van der Waals surface area contributed by atoms with E-state index >= 15 is 0 Å². The average Bonchev–Trinajstić information content (AvgIpc) is 2.15. The fourth-order valence-electron chi connectivity index (χ4n) is 1.48. The Bertz CT molecular complexity index is 264. The largest absolute Gasteiger partial charge is 0.300 e. The van der Waals surface area contributed by atoms with E-state index in [0.717, 1.165) is 25.7 Å². The summed E-state index contributed by atoms with van der Waals surface area (Å²) in [6, 6.07) is 0. The maximum atomic E-state index is 13.7. The highest BCUT2D eigenvalue weighted by Gasteiger charge is 2.40. The SMILES string of the molecule is CCCCCCCC(F)(CC)S(=O)(=O)O. The van der Waals surface area contributed by atoms with Gasteiger partial charge < -0.3 is 0 Å². The highest BCUT2D eigenvalue weighted by molar-refractivity contribution is 7.87. The van der Waals surface area contributed by atoms with Crippen molar-refractivity contribution in [3.63, 3.8) is 0 Å². The Labute approximate surface area is 91.8 Å². The quantitative estimate of drug-likeness (QED) is 0.523. The summed E-state index contributed by atoms with van der Waals surface area (Å²) in [5, 5.41) is -2.45. The molecule has 1 unspecified atom stereocenters. The minimum absolute atomic E-state index is 0.105. The molecule has 92 valence electrons. The molecular weight excluding hydrogens is 219 g/mol. The third-order valence-electron chi connectivity index (χ3n) is 2.64. The van der Waals surface area contributed by atoms with Crippen molar-refractivity contribution in [1.82, 2.24) is 0 Å². The van der Waals surface area contributed by atoms with Gasteiger partial charge in [0.15, 0.2) is 0 Å². The van der Waals surface area contributed by atoms with Crippen LogP contribution in [0, 0.1) is 0 Å². The lowest BCUT2D eigenvalue weighted by molar-refractivity contribution is 0.216. The van der Waals surface area contributed by atoms with Crippen molar-refractivity contribution in [3.05, 3.63) is 0 Å². The van der Waals surface area contributed by atoms with Crippen molar-refractivity contribution >= 4 is 10.1 Å². The van der Waals surface area contributed by atoms with Crippen LogP contribution in [-0.4, -0.2) is 18.0 Å². The number of rotatable bonds is 8. The first-order valence-corrected chi connectivity index (χ1v) is 6.97. The molecular formula is C10H21FO3S. The summed E-state index contributed by atoms with van der Waals surface area (Å²) in [5.74, 6) is 0. The Kier molecular flexibility index (Phi) is 6.36. The van der Waals surface area contributed by atoms with Gasteiger partial charge in [-0.05, 0) is 19.3 Å². The highest BCUT2D eigenvalue weighted by Crippen LogP contribution is 2.29. The van der Waals surface area contributed by atoms with Crippen LogP contribution in [0.15, 0.2) is 0 Å². The summed E-state index contributed by atoms with van der Waals surface area (Å²) in [7, 11) is -4.57. The zero-order valence-corrected chi connectivity index (χ0v) is 10.3. The van der Waals surface area contributed by atoms with E-state index in [0.29, 0.717) is 6.42 Å². The molecule has 0 heterocycles. The number of halogens is 1. The molecule has 3 nitrogen and oxygen atoms in total. The van der Waals surface area contributed by atoms with Gasteiger partial charge in [-0.1, -0.05) is 39.5 Å². The number of hydrogen-bond donors (Lipinski definition) is 1. The summed E-state index contributed by atoms with van der Waals surface area (Å²) < 4.78 is 44.0. The summed E-state index contributed by atoms with van der Waals surface area (Å²) in [5.41, 5.74) is 0. The molecule has 0 aromatic rings. The fraction of sp³-hybridized carbons (Fsp3) is 1.00. The molecule has 0 amide bonds. The zero-order chi connectivity index (χ0) is 11.9. The highest BCUT2D eigenvalue weighted by atomic mass is 32.2. The molecule has 15 heavy (non-hydrogen) atoms. The topological polar surface area (TPSA) is 54.4 Å². The zero-order valence-electron chi connectivity index (χ0n) is 9.50. The third kappa shape index (κ3) is 4.93. The molecule has 0 radical (unpaired) electrons. The van der Waals surface area contributed by atoms with Crippen molar-refractivity contribution in [3.8, 4) is 0 Å². The smallest absolute Gasteiger partial charge is 0.283 e. The Morgan fingerprint density at radius 1 is 1.13 bits per heavy atom. The second kappa shape index (κ2) is 6.43. The normalized spacial score (nSPS) is 16.3. The van der Waals surface area contributed by atoms with Crippen LogP contribution in [-0.2, 0) is 10.1 Å². The lowest BCUT2D eigenvalue weighted by Crippen LogP contribution is -2.32. The molecule has 0 saturated carbocycles. The van der Waals surface area contributed by atoms with Crippen LogP contribution in [0.5, 0.6) is 0 Å². The van der Waals surface area contributed by atoms with Crippen LogP contribution in [0.2, 0.25) is 0 Å². The van der Waals surface area contributed by atoms with Gasteiger partial charge in [0.1, 0.15) is 0 Å². The Hall–Kier alpha value is -0.160. The van der Waals surface area contributed by atoms with Crippen molar-refractivity contribution in [1.29, 1.82) is 0 Å². The first kappa shape index (κ1) is 14.8. The standard InChI is InChI=1S/C10H21FO3S/c1-3-5-6-7-8-9-10(11,4-2)15(12,13)14/h3-9H2,1-2H3,(H,12,13,14). The van der Waals surface area contributed by atoms with Gasteiger partial charge in [0.25, 0.3) is 10.1 Å². The van der Waals surface area contributed by atoms with Crippen LogP contribution in [0.3, 0.4) is 0 Å². The molecule has 1 atom stereocenters. The minimum Gasteiger partial charge on any atom is -0.283 e. The van der Waals surface area contributed by atoms with Gasteiger partial charge in [-0.3, -0.25) is 4.55 Å². The monoisotopic (exact) mass is 240 g/mol. The molecule has 0 spiro atoms. The molecule has 0 aromatic carbocycles. The molecule has 0 rings (SSSR count). The molecule has 0 aromatic heterocycles. The molecule has 0 aliphatic carbocycles. The fourth-order valence-corrected chi connectivity index (χ4v) is 2.25. The molecule has 0 aliphatic rings. The van der Waals surface area contributed by atoms with Gasteiger partial charge in [0.05, 0.1) is 0 Å². The predicted molar refractivity (Wildman–Crippen MR) is 59.1 cm³/mol. The van der Waals surface area contributed by atoms with Crippen molar-refractivity contribution < 1.29 is 17.4 Å². The first-order chi connectivity index (χ1) is 6.87. The lowest BCUT2D eigenvalue weighted by atomic mass is 10.1. The summed E-state index contributed by atoms with van der Waals surface area (Å²) in [6.07, 6.45) is 4.18. The van der Waals surface area contributed by atoms with Gasteiger partial charge in [-0.2, -0.15) is 8.42 Å². The first-order valence-electron chi connectivity index (χ1n) is 5.53. The van der Waals surface area contributed by atoms with Crippen LogP contribution >= 0.6 is 0 Å². The summed E-state index contributed by atoms with van der Waals surface area (Å²) in [6.45, 7) is 3.50. The third-order valence-corrected chi connectivity index (χ3v) is 4.06. The molecule has 5 heteroatoms. The van der Waals surface area contributed by atoms with Crippen LogP contribution in [0.1, 0.15) is 58.8 Å². The van der Waals surface area contributed by atoms with Crippen molar-refractivity contribution in [2.24, 2.45) is 0 Å². The average molecular weight is 240 g/mol. The van der Waals surface area contributed by atoms with E-state index in [9.17, 15) is 12.8 Å². The van der Waals surface area contributed by atoms with Gasteiger partial charge in [0.2, 0.25) is 5.00 Å². The van der Waals surface area contributed by atoms with E-state index in [2.05, 4.69) is 6.92 Å². The maximum Gasteiger partial charge on any atom is 0.300 e. The van der Waals surface area contributed by atoms with E-state index in [1.807, 2.05) is 0 Å². The summed E-state index contributed by atoms with van der Waals surface area (Å²) >= 11 is 0. The van der Waals surface area contributed by atoms with E-state index < -0.39 is 15.1 Å². The Morgan fingerprint density at radius 2 is 1.67 bits per heavy atom.